The number of aryl methyl sites for hydroxylation is 1. The fourth-order valence-electron chi connectivity index (χ4n) is 2.33. The molecular weight excluding hydrogens is 344 g/mol. The van der Waals surface area contributed by atoms with E-state index in [0.29, 0.717) is 22.8 Å². The van der Waals surface area contributed by atoms with Gasteiger partial charge in [0.2, 0.25) is 0 Å². The van der Waals surface area contributed by atoms with Crippen molar-refractivity contribution in [3.8, 4) is 11.8 Å². The summed E-state index contributed by atoms with van der Waals surface area (Å²) < 4.78 is 5.68. The monoisotopic (exact) mass is 362 g/mol. The first kappa shape index (κ1) is 18.0. The van der Waals surface area contributed by atoms with Crippen LogP contribution in [0, 0.1) is 12.3 Å². The molecule has 2 aromatic heterocycles. The molecule has 0 aliphatic heterocycles. The second-order valence-corrected chi connectivity index (χ2v) is 5.60. The standard InChI is InChI=1S/C19H18N6O2/c1-12-4-6-14(10-16(12)27-19-22-8-3-9-23-19)24-18(26)15-7-5-13(11-20)17(21-2)25-15/h3-11,20H,1-2H3,(H,21,25)(H,24,26). The number of anilines is 2. The highest BCUT2D eigenvalue weighted by Gasteiger charge is 2.12. The molecule has 1 amide bonds. The van der Waals surface area contributed by atoms with Crippen LogP contribution < -0.4 is 15.4 Å². The predicted octanol–water partition coefficient (Wildman–Crippen LogP) is 3.26. The lowest BCUT2D eigenvalue weighted by atomic mass is 10.2. The van der Waals surface area contributed by atoms with Gasteiger partial charge in [0.15, 0.2) is 0 Å². The number of pyridine rings is 1. The van der Waals surface area contributed by atoms with Gasteiger partial charge in [-0.15, -0.1) is 0 Å². The van der Waals surface area contributed by atoms with Crippen molar-refractivity contribution in [1.29, 1.82) is 5.41 Å². The average molecular weight is 362 g/mol. The van der Waals surface area contributed by atoms with E-state index in [2.05, 4.69) is 25.6 Å². The molecule has 0 bridgehead atoms. The second-order valence-electron chi connectivity index (χ2n) is 5.60. The van der Waals surface area contributed by atoms with Crippen molar-refractivity contribution >= 4 is 23.6 Å². The van der Waals surface area contributed by atoms with E-state index in [9.17, 15) is 4.79 Å². The Morgan fingerprint density at radius 1 is 1.19 bits per heavy atom. The number of ether oxygens (including phenoxy) is 1. The van der Waals surface area contributed by atoms with Crippen LogP contribution in [-0.4, -0.2) is 34.1 Å². The zero-order valence-corrected chi connectivity index (χ0v) is 14.9. The highest BCUT2D eigenvalue weighted by molar-refractivity contribution is 6.03. The Hall–Kier alpha value is -3.81. The van der Waals surface area contributed by atoms with E-state index in [4.69, 9.17) is 10.1 Å². The first-order chi connectivity index (χ1) is 13.1. The molecule has 8 nitrogen and oxygen atoms in total. The van der Waals surface area contributed by atoms with Gasteiger partial charge in [-0.3, -0.25) is 4.79 Å². The number of nitrogens with one attached hydrogen (secondary N) is 3. The van der Waals surface area contributed by atoms with Gasteiger partial charge in [0.25, 0.3) is 5.91 Å². The number of hydrogen-bond acceptors (Lipinski definition) is 7. The number of carbonyl (C=O) groups excluding carboxylic acids is 1. The van der Waals surface area contributed by atoms with Gasteiger partial charge in [-0.05, 0) is 36.8 Å². The number of benzene rings is 1. The maximum absolute atomic E-state index is 12.5. The number of carbonyl (C=O) groups is 1. The van der Waals surface area contributed by atoms with Crippen LogP contribution in [0.4, 0.5) is 11.5 Å². The smallest absolute Gasteiger partial charge is 0.321 e. The van der Waals surface area contributed by atoms with E-state index in [0.717, 1.165) is 5.56 Å². The maximum Gasteiger partial charge on any atom is 0.321 e. The van der Waals surface area contributed by atoms with Gasteiger partial charge in [0.05, 0.1) is 0 Å². The summed E-state index contributed by atoms with van der Waals surface area (Å²) in [6.07, 6.45) is 4.36. The van der Waals surface area contributed by atoms with Crippen LogP contribution in [0.3, 0.4) is 0 Å². The van der Waals surface area contributed by atoms with Crippen LogP contribution in [0.25, 0.3) is 0 Å². The van der Waals surface area contributed by atoms with Crippen LogP contribution in [-0.2, 0) is 0 Å². The number of amides is 1. The lowest BCUT2D eigenvalue weighted by Gasteiger charge is -2.11. The second kappa shape index (κ2) is 8.05. The molecule has 3 N–H and O–H groups in total. The Balaban J connectivity index is 1.80. The highest BCUT2D eigenvalue weighted by atomic mass is 16.5. The SMILES string of the molecule is CNc1nc(C(=O)Nc2ccc(C)c(Oc3ncccn3)c2)ccc1C=N. The van der Waals surface area contributed by atoms with Crippen molar-refractivity contribution in [2.24, 2.45) is 0 Å². The van der Waals surface area contributed by atoms with Gasteiger partial charge in [-0.2, -0.15) is 0 Å². The summed E-state index contributed by atoms with van der Waals surface area (Å²) in [7, 11) is 1.69. The normalized spacial score (nSPS) is 10.1. The quantitative estimate of drug-likeness (QED) is 0.580. The number of aromatic nitrogens is 3. The summed E-state index contributed by atoms with van der Waals surface area (Å²) in [6, 6.07) is 10.5. The molecule has 0 aliphatic carbocycles. The number of nitrogens with zero attached hydrogens (tertiary/aromatic N) is 3. The summed E-state index contributed by atoms with van der Waals surface area (Å²) in [5.41, 5.74) is 2.27. The van der Waals surface area contributed by atoms with Gasteiger partial charge in [0, 0.05) is 43.0 Å². The minimum Gasteiger partial charge on any atom is -0.424 e. The largest absolute Gasteiger partial charge is 0.424 e. The Morgan fingerprint density at radius 2 is 1.96 bits per heavy atom. The van der Waals surface area contributed by atoms with E-state index in [1.165, 1.54) is 6.21 Å². The topological polar surface area (TPSA) is 113 Å². The molecule has 0 saturated carbocycles. The van der Waals surface area contributed by atoms with E-state index < -0.39 is 0 Å². The predicted molar refractivity (Wildman–Crippen MR) is 103 cm³/mol. The molecule has 3 rings (SSSR count). The third-order valence-corrected chi connectivity index (χ3v) is 3.74. The molecule has 136 valence electrons. The van der Waals surface area contributed by atoms with Crippen molar-refractivity contribution in [3.63, 3.8) is 0 Å². The number of rotatable bonds is 6. The summed E-state index contributed by atoms with van der Waals surface area (Å²) in [5, 5.41) is 13.0. The molecule has 27 heavy (non-hydrogen) atoms. The van der Waals surface area contributed by atoms with Crippen LogP contribution in [0.2, 0.25) is 0 Å². The zero-order valence-electron chi connectivity index (χ0n) is 14.9. The molecule has 3 aromatic rings. The third kappa shape index (κ3) is 4.24. The van der Waals surface area contributed by atoms with Crippen LogP contribution in [0.5, 0.6) is 11.8 Å². The van der Waals surface area contributed by atoms with E-state index >= 15 is 0 Å². The summed E-state index contributed by atoms with van der Waals surface area (Å²) >= 11 is 0. The lowest BCUT2D eigenvalue weighted by molar-refractivity contribution is 0.102. The third-order valence-electron chi connectivity index (χ3n) is 3.74. The molecule has 0 fully saturated rings. The van der Waals surface area contributed by atoms with Crippen LogP contribution in [0.1, 0.15) is 21.6 Å². The lowest BCUT2D eigenvalue weighted by Crippen LogP contribution is -2.15. The molecule has 0 unspecified atom stereocenters. The van der Waals surface area contributed by atoms with Crippen LogP contribution in [0.15, 0.2) is 48.8 Å². The van der Waals surface area contributed by atoms with Crippen molar-refractivity contribution in [1.82, 2.24) is 15.0 Å². The number of hydrogen-bond donors (Lipinski definition) is 3. The van der Waals surface area contributed by atoms with Crippen molar-refractivity contribution in [2.45, 2.75) is 6.92 Å². The first-order valence-electron chi connectivity index (χ1n) is 8.17. The molecule has 0 saturated heterocycles. The Kier molecular flexibility index (Phi) is 5.36. The average Bonchev–Trinajstić information content (AvgIpc) is 2.70. The van der Waals surface area contributed by atoms with Crippen LogP contribution >= 0.6 is 0 Å². The molecule has 1 aromatic carbocycles. The maximum atomic E-state index is 12.5. The summed E-state index contributed by atoms with van der Waals surface area (Å²) in [4.78, 5) is 24.8. The molecule has 0 radical (unpaired) electrons. The Morgan fingerprint density at radius 3 is 2.67 bits per heavy atom. The minimum absolute atomic E-state index is 0.228. The Bertz CT molecular complexity index is 975. The van der Waals surface area contributed by atoms with Gasteiger partial charge >= 0.3 is 6.01 Å². The van der Waals surface area contributed by atoms with E-state index in [1.54, 1.807) is 49.8 Å². The van der Waals surface area contributed by atoms with Gasteiger partial charge in [-0.1, -0.05) is 6.07 Å². The van der Waals surface area contributed by atoms with E-state index in [1.807, 2.05) is 13.0 Å². The van der Waals surface area contributed by atoms with Gasteiger partial charge in [-0.25, -0.2) is 15.0 Å². The zero-order chi connectivity index (χ0) is 19.2. The molecule has 0 aliphatic rings. The molecule has 8 heteroatoms. The molecule has 2 heterocycles. The Labute approximate surface area is 156 Å². The first-order valence-corrected chi connectivity index (χ1v) is 8.17. The van der Waals surface area contributed by atoms with Crippen molar-refractivity contribution < 1.29 is 9.53 Å². The van der Waals surface area contributed by atoms with Crippen molar-refractivity contribution in [3.05, 3.63) is 65.6 Å². The summed E-state index contributed by atoms with van der Waals surface area (Å²) in [6.45, 7) is 1.89. The molecular formula is C19H18N6O2. The fraction of sp³-hybridized carbons (Fsp3) is 0.105. The van der Waals surface area contributed by atoms with Crippen molar-refractivity contribution in [2.75, 3.05) is 17.7 Å². The molecule has 0 spiro atoms. The molecule has 0 atom stereocenters. The fourth-order valence-corrected chi connectivity index (χ4v) is 2.33. The minimum atomic E-state index is -0.367. The van der Waals surface area contributed by atoms with Gasteiger partial charge in [0.1, 0.15) is 17.3 Å². The highest BCUT2D eigenvalue weighted by Crippen LogP contribution is 2.26. The van der Waals surface area contributed by atoms with Gasteiger partial charge < -0.3 is 20.8 Å². The van der Waals surface area contributed by atoms with E-state index in [-0.39, 0.29) is 17.6 Å². The summed E-state index contributed by atoms with van der Waals surface area (Å²) in [5.74, 6) is 0.641.